The number of halogens is 2. The molecule has 18 heavy (non-hydrogen) atoms. The van der Waals surface area contributed by atoms with E-state index in [2.05, 4.69) is 0 Å². The Labute approximate surface area is 114 Å². The predicted molar refractivity (Wildman–Crippen MR) is 68.1 cm³/mol. The first kappa shape index (κ1) is 13.2. The second-order valence-corrected chi connectivity index (χ2v) is 5.02. The van der Waals surface area contributed by atoms with E-state index in [4.69, 9.17) is 28.3 Å². The number of likely N-dealkylation sites (tertiary alicyclic amines) is 1. The maximum absolute atomic E-state index is 12.1. The molecule has 1 heterocycles. The lowest BCUT2D eigenvalue weighted by Gasteiger charge is -2.16. The maximum atomic E-state index is 12.1. The van der Waals surface area contributed by atoms with Crippen LogP contribution in [-0.4, -0.2) is 35.0 Å². The third-order valence-electron chi connectivity index (χ3n) is 2.99. The van der Waals surface area contributed by atoms with Gasteiger partial charge < -0.3 is 10.0 Å². The average Bonchev–Trinajstić information content (AvgIpc) is 2.81. The second kappa shape index (κ2) is 5.16. The third-order valence-corrected chi connectivity index (χ3v) is 3.73. The smallest absolute Gasteiger partial charge is 0.308 e. The molecule has 1 aromatic rings. The summed E-state index contributed by atoms with van der Waals surface area (Å²) in [6.07, 6.45) is 0.488. The van der Waals surface area contributed by atoms with Crippen LogP contribution in [0.1, 0.15) is 16.8 Å². The Morgan fingerprint density at radius 2 is 2.00 bits per heavy atom. The number of carboxylic acids is 1. The molecule has 6 heteroatoms. The summed E-state index contributed by atoms with van der Waals surface area (Å²) in [4.78, 5) is 24.5. The number of hydrogen-bond acceptors (Lipinski definition) is 2. The molecule has 4 nitrogen and oxygen atoms in total. The standard InChI is InChI=1S/C12H11Cl2NO3/c13-9-2-1-7(5-10(9)14)11(16)15-4-3-8(6-15)12(17)18/h1-2,5,8H,3-4,6H2,(H,17,18). The largest absolute Gasteiger partial charge is 0.481 e. The lowest BCUT2D eigenvalue weighted by Crippen LogP contribution is -2.29. The number of carbonyl (C=O) groups is 2. The van der Waals surface area contributed by atoms with Crippen molar-refractivity contribution in [3.05, 3.63) is 33.8 Å². The first-order valence-corrected chi connectivity index (χ1v) is 6.22. The quantitative estimate of drug-likeness (QED) is 0.909. The van der Waals surface area contributed by atoms with Crippen molar-refractivity contribution in [3.8, 4) is 0 Å². The number of nitrogens with zero attached hydrogens (tertiary/aromatic N) is 1. The Morgan fingerprint density at radius 1 is 1.28 bits per heavy atom. The molecule has 1 amide bonds. The highest BCUT2D eigenvalue weighted by atomic mass is 35.5. The monoisotopic (exact) mass is 287 g/mol. The van der Waals surface area contributed by atoms with Crippen LogP contribution in [-0.2, 0) is 4.79 Å². The van der Waals surface area contributed by atoms with E-state index in [1.165, 1.54) is 11.0 Å². The van der Waals surface area contributed by atoms with Crippen molar-refractivity contribution < 1.29 is 14.7 Å². The predicted octanol–water partition coefficient (Wildman–Crippen LogP) is 2.54. The number of carboxylic acid groups (broad SMARTS) is 1. The average molecular weight is 288 g/mol. The van der Waals surface area contributed by atoms with Gasteiger partial charge in [-0.25, -0.2) is 0 Å². The molecule has 0 aromatic heterocycles. The van der Waals surface area contributed by atoms with Gasteiger partial charge in [-0.15, -0.1) is 0 Å². The number of amides is 1. The molecule has 0 aliphatic carbocycles. The fourth-order valence-corrected chi connectivity index (χ4v) is 2.26. The van der Waals surface area contributed by atoms with Crippen LogP contribution in [0.15, 0.2) is 18.2 Å². The summed E-state index contributed by atoms with van der Waals surface area (Å²) >= 11 is 11.6. The number of hydrogen-bond donors (Lipinski definition) is 1. The molecule has 1 unspecified atom stereocenters. The lowest BCUT2D eigenvalue weighted by atomic mass is 10.1. The summed E-state index contributed by atoms with van der Waals surface area (Å²) in [5.41, 5.74) is 0.426. The molecule has 0 bridgehead atoms. The van der Waals surface area contributed by atoms with Gasteiger partial charge in [0.2, 0.25) is 0 Å². The van der Waals surface area contributed by atoms with Crippen molar-refractivity contribution in [3.63, 3.8) is 0 Å². The highest BCUT2D eigenvalue weighted by Gasteiger charge is 2.31. The second-order valence-electron chi connectivity index (χ2n) is 4.20. The summed E-state index contributed by atoms with van der Waals surface area (Å²) in [6, 6.07) is 4.65. The van der Waals surface area contributed by atoms with Gasteiger partial charge in [0.1, 0.15) is 0 Å². The van der Waals surface area contributed by atoms with Crippen molar-refractivity contribution in [2.45, 2.75) is 6.42 Å². The van der Waals surface area contributed by atoms with Gasteiger partial charge in [-0.1, -0.05) is 23.2 Å². The molecular weight excluding hydrogens is 277 g/mol. The Morgan fingerprint density at radius 3 is 2.56 bits per heavy atom. The SMILES string of the molecule is O=C(O)C1CCN(C(=O)c2ccc(Cl)c(Cl)c2)C1. The summed E-state index contributed by atoms with van der Waals surface area (Å²) in [7, 11) is 0. The zero-order valence-electron chi connectivity index (χ0n) is 9.40. The van der Waals surface area contributed by atoms with Crippen LogP contribution in [0.5, 0.6) is 0 Å². The van der Waals surface area contributed by atoms with E-state index < -0.39 is 11.9 Å². The molecule has 1 aliphatic heterocycles. The minimum atomic E-state index is -0.862. The normalized spacial score (nSPS) is 19.0. The Kier molecular flexibility index (Phi) is 3.78. The van der Waals surface area contributed by atoms with Gasteiger partial charge in [0.05, 0.1) is 16.0 Å². The van der Waals surface area contributed by atoms with Crippen LogP contribution in [0.3, 0.4) is 0 Å². The fourth-order valence-electron chi connectivity index (χ4n) is 1.96. The van der Waals surface area contributed by atoms with E-state index in [1.54, 1.807) is 12.1 Å². The van der Waals surface area contributed by atoms with Crippen LogP contribution < -0.4 is 0 Å². The van der Waals surface area contributed by atoms with Crippen LogP contribution >= 0.6 is 23.2 Å². The first-order valence-electron chi connectivity index (χ1n) is 5.46. The molecule has 1 aliphatic rings. The van der Waals surface area contributed by atoms with E-state index in [0.717, 1.165) is 0 Å². The summed E-state index contributed by atoms with van der Waals surface area (Å²) < 4.78 is 0. The molecule has 1 aromatic carbocycles. The van der Waals surface area contributed by atoms with Crippen molar-refractivity contribution in [1.29, 1.82) is 0 Å². The summed E-state index contributed by atoms with van der Waals surface area (Å²) in [5, 5.41) is 9.59. The van der Waals surface area contributed by atoms with Gasteiger partial charge in [-0.05, 0) is 24.6 Å². The van der Waals surface area contributed by atoms with Crippen molar-refractivity contribution in [2.75, 3.05) is 13.1 Å². The van der Waals surface area contributed by atoms with Gasteiger partial charge in [-0.2, -0.15) is 0 Å². The first-order chi connectivity index (χ1) is 8.49. The number of rotatable bonds is 2. The van der Waals surface area contributed by atoms with E-state index in [1.807, 2.05) is 0 Å². The number of benzene rings is 1. The molecule has 0 radical (unpaired) electrons. The fraction of sp³-hybridized carbons (Fsp3) is 0.333. The molecule has 1 fully saturated rings. The van der Waals surface area contributed by atoms with Gasteiger partial charge in [0.25, 0.3) is 5.91 Å². The summed E-state index contributed by atoms with van der Waals surface area (Å²) in [5.74, 6) is -1.55. The van der Waals surface area contributed by atoms with E-state index >= 15 is 0 Å². The molecule has 0 spiro atoms. The van der Waals surface area contributed by atoms with Crippen LogP contribution in [0.25, 0.3) is 0 Å². The minimum absolute atomic E-state index is 0.211. The van der Waals surface area contributed by atoms with E-state index in [9.17, 15) is 9.59 Å². The van der Waals surface area contributed by atoms with Gasteiger partial charge in [0.15, 0.2) is 0 Å². The molecule has 1 N–H and O–H groups in total. The van der Waals surface area contributed by atoms with Gasteiger partial charge >= 0.3 is 5.97 Å². The van der Waals surface area contributed by atoms with Crippen molar-refractivity contribution >= 4 is 35.1 Å². The zero-order valence-corrected chi connectivity index (χ0v) is 10.9. The molecule has 96 valence electrons. The molecule has 0 saturated carbocycles. The number of carbonyl (C=O) groups excluding carboxylic acids is 1. The molecular formula is C12H11Cl2NO3. The van der Waals surface area contributed by atoms with Crippen molar-refractivity contribution in [2.24, 2.45) is 5.92 Å². The van der Waals surface area contributed by atoms with Crippen LogP contribution in [0.2, 0.25) is 10.0 Å². The molecule has 1 saturated heterocycles. The highest BCUT2D eigenvalue weighted by molar-refractivity contribution is 6.42. The van der Waals surface area contributed by atoms with Crippen LogP contribution in [0, 0.1) is 5.92 Å². The lowest BCUT2D eigenvalue weighted by molar-refractivity contribution is -0.141. The number of aliphatic carboxylic acids is 1. The molecule has 2 rings (SSSR count). The van der Waals surface area contributed by atoms with Gasteiger partial charge in [0, 0.05) is 18.7 Å². The zero-order chi connectivity index (χ0) is 13.3. The Hall–Kier alpha value is -1.26. The highest BCUT2D eigenvalue weighted by Crippen LogP contribution is 2.25. The van der Waals surface area contributed by atoms with Crippen LogP contribution in [0.4, 0.5) is 0 Å². The molecule has 1 atom stereocenters. The van der Waals surface area contributed by atoms with E-state index in [-0.39, 0.29) is 12.5 Å². The van der Waals surface area contributed by atoms with E-state index in [0.29, 0.717) is 28.6 Å². The maximum Gasteiger partial charge on any atom is 0.308 e. The topological polar surface area (TPSA) is 57.6 Å². The van der Waals surface area contributed by atoms with Gasteiger partial charge in [-0.3, -0.25) is 9.59 Å². The van der Waals surface area contributed by atoms with Crippen molar-refractivity contribution in [1.82, 2.24) is 4.90 Å². The third kappa shape index (κ3) is 2.60. The minimum Gasteiger partial charge on any atom is -0.481 e. The Bertz CT molecular complexity index is 504. The Balaban J connectivity index is 2.12. The summed E-state index contributed by atoms with van der Waals surface area (Å²) in [6.45, 7) is 0.699.